The summed E-state index contributed by atoms with van der Waals surface area (Å²) in [6.07, 6.45) is 1.70. The lowest BCUT2D eigenvalue weighted by molar-refractivity contribution is -0.131. The normalized spacial score (nSPS) is 10.5. The molecule has 5 heteroatoms. The van der Waals surface area contributed by atoms with Gasteiger partial charge in [0.1, 0.15) is 5.69 Å². The van der Waals surface area contributed by atoms with Crippen LogP contribution >= 0.6 is 11.6 Å². The average Bonchev–Trinajstić information content (AvgIpc) is 2.92. The third kappa shape index (κ3) is 3.02. The summed E-state index contributed by atoms with van der Waals surface area (Å²) in [5.41, 5.74) is 2.31. The number of nitrogens with zero attached hydrogens (tertiary/aromatic N) is 2. The highest BCUT2D eigenvalue weighted by Gasteiger charge is 2.15. The van der Waals surface area contributed by atoms with Crippen molar-refractivity contribution in [2.75, 3.05) is 0 Å². The van der Waals surface area contributed by atoms with Gasteiger partial charge in [-0.1, -0.05) is 41.9 Å². The Morgan fingerprint density at radius 2 is 1.77 bits per heavy atom. The molecule has 22 heavy (non-hydrogen) atoms. The van der Waals surface area contributed by atoms with E-state index in [4.69, 9.17) is 16.3 Å². The molecular weight excluding hydrogens is 300 g/mol. The third-order valence-corrected chi connectivity index (χ3v) is 3.32. The van der Waals surface area contributed by atoms with Crippen molar-refractivity contribution in [1.82, 2.24) is 9.78 Å². The highest BCUT2D eigenvalue weighted by molar-refractivity contribution is 6.30. The van der Waals surface area contributed by atoms with Crippen molar-refractivity contribution < 1.29 is 9.53 Å². The molecule has 0 spiro atoms. The van der Waals surface area contributed by atoms with Crippen LogP contribution in [0.15, 0.2) is 60.8 Å². The van der Waals surface area contributed by atoms with Gasteiger partial charge in [0.25, 0.3) is 0 Å². The van der Waals surface area contributed by atoms with Crippen LogP contribution in [0.1, 0.15) is 6.92 Å². The zero-order valence-corrected chi connectivity index (χ0v) is 12.6. The van der Waals surface area contributed by atoms with Crippen LogP contribution < -0.4 is 4.74 Å². The highest BCUT2D eigenvalue weighted by Crippen LogP contribution is 2.30. The Morgan fingerprint density at radius 3 is 2.41 bits per heavy atom. The standard InChI is InChI=1S/C17H13ClN2O2/c1-12(21)22-16-11-20(15-5-3-2-4-6-15)19-17(16)13-7-9-14(18)10-8-13/h2-11H,1H3. The summed E-state index contributed by atoms with van der Waals surface area (Å²) in [7, 11) is 0. The number of para-hydroxylation sites is 1. The van der Waals surface area contributed by atoms with Crippen LogP contribution in [0.4, 0.5) is 0 Å². The van der Waals surface area contributed by atoms with Crippen molar-refractivity contribution in [1.29, 1.82) is 0 Å². The summed E-state index contributed by atoms with van der Waals surface area (Å²) in [5.74, 6) is 0.0292. The van der Waals surface area contributed by atoms with Crippen LogP contribution in [-0.4, -0.2) is 15.7 Å². The summed E-state index contributed by atoms with van der Waals surface area (Å²) in [5, 5.41) is 5.17. The van der Waals surface area contributed by atoms with Gasteiger partial charge in [-0.2, -0.15) is 5.10 Å². The molecular formula is C17H13ClN2O2. The Labute approximate surface area is 132 Å². The molecule has 0 amide bonds. The zero-order valence-electron chi connectivity index (χ0n) is 11.9. The summed E-state index contributed by atoms with van der Waals surface area (Å²) in [6.45, 7) is 1.37. The highest BCUT2D eigenvalue weighted by atomic mass is 35.5. The van der Waals surface area contributed by atoms with Gasteiger partial charge in [0.2, 0.25) is 0 Å². The number of esters is 1. The van der Waals surface area contributed by atoms with Gasteiger partial charge in [0.05, 0.1) is 11.9 Å². The predicted octanol–water partition coefficient (Wildman–Crippen LogP) is 4.12. The zero-order chi connectivity index (χ0) is 15.5. The molecule has 0 aliphatic carbocycles. The van der Waals surface area contributed by atoms with Crippen LogP contribution in [0.3, 0.4) is 0 Å². The molecule has 2 aromatic carbocycles. The first-order valence-corrected chi connectivity index (χ1v) is 7.11. The van der Waals surface area contributed by atoms with E-state index in [9.17, 15) is 4.79 Å². The molecule has 0 saturated heterocycles. The lowest BCUT2D eigenvalue weighted by Crippen LogP contribution is -2.01. The molecule has 110 valence electrons. The number of halogens is 1. The van der Waals surface area contributed by atoms with Crippen molar-refractivity contribution >= 4 is 17.6 Å². The van der Waals surface area contributed by atoms with Crippen molar-refractivity contribution in [2.45, 2.75) is 6.92 Å². The Balaban J connectivity index is 2.09. The van der Waals surface area contributed by atoms with E-state index in [1.807, 2.05) is 42.5 Å². The summed E-state index contributed by atoms with van der Waals surface area (Å²) in [4.78, 5) is 11.3. The monoisotopic (exact) mass is 312 g/mol. The van der Waals surface area contributed by atoms with E-state index in [2.05, 4.69) is 5.10 Å². The molecule has 0 bridgehead atoms. The van der Waals surface area contributed by atoms with Gasteiger partial charge in [-0.25, -0.2) is 4.68 Å². The second kappa shape index (κ2) is 6.03. The number of hydrogen-bond donors (Lipinski definition) is 0. The first-order chi connectivity index (χ1) is 10.6. The van der Waals surface area contributed by atoms with E-state index in [0.717, 1.165) is 11.3 Å². The fraction of sp³-hybridized carbons (Fsp3) is 0.0588. The third-order valence-electron chi connectivity index (χ3n) is 3.07. The molecule has 0 N–H and O–H groups in total. The molecule has 0 aliphatic rings. The Morgan fingerprint density at radius 1 is 1.09 bits per heavy atom. The number of carbonyl (C=O) groups excluding carboxylic acids is 1. The average molecular weight is 313 g/mol. The SMILES string of the molecule is CC(=O)Oc1cn(-c2ccccc2)nc1-c1ccc(Cl)cc1. The van der Waals surface area contributed by atoms with Gasteiger partial charge < -0.3 is 4.74 Å². The summed E-state index contributed by atoms with van der Waals surface area (Å²) < 4.78 is 6.96. The minimum atomic E-state index is -0.386. The van der Waals surface area contributed by atoms with Gasteiger partial charge in [0.15, 0.2) is 5.75 Å². The lowest BCUT2D eigenvalue weighted by Gasteiger charge is -2.01. The Hall–Kier alpha value is -2.59. The fourth-order valence-electron chi connectivity index (χ4n) is 2.11. The second-order valence-electron chi connectivity index (χ2n) is 4.72. The quantitative estimate of drug-likeness (QED) is 0.683. The van der Waals surface area contributed by atoms with Gasteiger partial charge in [-0.3, -0.25) is 4.79 Å². The second-order valence-corrected chi connectivity index (χ2v) is 5.16. The van der Waals surface area contributed by atoms with Crippen LogP contribution in [0.5, 0.6) is 5.75 Å². The topological polar surface area (TPSA) is 44.1 Å². The minimum absolute atomic E-state index is 0.386. The fourth-order valence-corrected chi connectivity index (χ4v) is 2.23. The van der Waals surface area contributed by atoms with E-state index in [0.29, 0.717) is 16.5 Å². The molecule has 0 unspecified atom stereocenters. The molecule has 3 aromatic rings. The molecule has 0 fully saturated rings. The Kier molecular flexibility index (Phi) is 3.94. The molecule has 3 rings (SSSR count). The first-order valence-electron chi connectivity index (χ1n) is 6.73. The maximum atomic E-state index is 11.3. The molecule has 0 saturated carbocycles. The van der Waals surface area contributed by atoms with E-state index in [1.54, 1.807) is 23.0 Å². The minimum Gasteiger partial charge on any atom is -0.423 e. The number of carbonyl (C=O) groups is 1. The number of rotatable bonds is 3. The summed E-state index contributed by atoms with van der Waals surface area (Å²) >= 11 is 5.91. The molecule has 0 atom stereocenters. The first kappa shape index (κ1) is 14.4. The predicted molar refractivity (Wildman–Crippen MR) is 85.3 cm³/mol. The van der Waals surface area contributed by atoms with Crippen molar-refractivity contribution in [3.63, 3.8) is 0 Å². The smallest absolute Gasteiger partial charge is 0.308 e. The largest absolute Gasteiger partial charge is 0.423 e. The van der Waals surface area contributed by atoms with Gasteiger partial charge in [0, 0.05) is 17.5 Å². The van der Waals surface area contributed by atoms with E-state index >= 15 is 0 Å². The molecule has 4 nitrogen and oxygen atoms in total. The molecule has 0 radical (unpaired) electrons. The van der Waals surface area contributed by atoms with Crippen LogP contribution in [-0.2, 0) is 4.79 Å². The molecule has 0 aliphatic heterocycles. The number of ether oxygens (including phenoxy) is 1. The van der Waals surface area contributed by atoms with Crippen molar-refractivity contribution in [2.24, 2.45) is 0 Å². The van der Waals surface area contributed by atoms with Gasteiger partial charge >= 0.3 is 5.97 Å². The van der Waals surface area contributed by atoms with Crippen molar-refractivity contribution in [3.05, 3.63) is 65.8 Å². The van der Waals surface area contributed by atoms with Crippen LogP contribution in [0.25, 0.3) is 16.9 Å². The number of aromatic nitrogens is 2. The van der Waals surface area contributed by atoms with Gasteiger partial charge in [-0.05, 0) is 24.3 Å². The van der Waals surface area contributed by atoms with Gasteiger partial charge in [-0.15, -0.1) is 0 Å². The Bertz CT molecular complexity index is 795. The summed E-state index contributed by atoms with van der Waals surface area (Å²) in [6, 6.07) is 16.9. The number of hydrogen-bond acceptors (Lipinski definition) is 3. The molecule has 1 heterocycles. The number of benzene rings is 2. The van der Waals surface area contributed by atoms with E-state index < -0.39 is 0 Å². The van der Waals surface area contributed by atoms with E-state index in [1.165, 1.54) is 6.92 Å². The van der Waals surface area contributed by atoms with E-state index in [-0.39, 0.29) is 5.97 Å². The maximum Gasteiger partial charge on any atom is 0.308 e. The van der Waals surface area contributed by atoms with Crippen LogP contribution in [0, 0.1) is 0 Å². The lowest BCUT2D eigenvalue weighted by atomic mass is 10.1. The maximum absolute atomic E-state index is 11.3. The molecule has 1 aromatic heterocycles. The van der Waals surface area contributed by atoms with Crippen molar-refractivity contribution in [3.8, 4) is 22.7 Å². The van der Waals surface area contributed by atoms with Crippen LogP contribution in [0.2, 0.25) is 5.02 Å².